The fraction of sp³-hybridized carbons (Fsp3) is 0.278. The maximum absolute atomic E-state index is 13.1. The zero-order chi connectivity index (χ0) is 22.2. The quantitative estimate of drug-likeness (QED) is 0.588. The van der Waals surface area contributed by atoms with Crippen molar-refractivity contribution in [1.29, 1.82) is 0 Å². The standard InChI is InChI=1S/C18H16F3N5O3S2/c19-18(20,21)30-16-13(4-2-6-23-16)17(27)25-7-9-26(10-8-25)31(28,29)14-11-24-15-12(14)3-1-5-22-15/h1-6,11H,7-10H2,(H,22,24). The van der Waals surface area contributed by atoms with Crippen molar-refractivity contribution in [1.82, 2.24) is 24.2 Å². The van der Waals surface area contributed by atoms with E-state index in [2.05, 4.69) is 15.0 Å². The largest absolute Gasteiger partial charge is 0.447 e. The topological polar surface area (TPSA) is 99.3 Å². The number of H-pyrrole nitrogens is 1. The fourth-order valence-corrected chi connectivity index (χ4v) is 5.50. The molecule has 0 atom stereocenters. The number of nitrogens with one attached hydrogen (secondary N) is 1. The molecule has 0 unspecified atom stereocenters. The van der Waals surface area contributed by atoms with Crippen molar-refractivity contribution in [3.8, 4) is 0 Å². The lowest BCUT2D eigenvalue weighted by Crippen LogP contribution is -2.50. The normalized spacial score (nSPS) is 16.0. The Morgan fingerprint density at radius 1 is 1.06 bits per heavy atom. The first kappa shape index (κ1) is 21.6. The molecule has 8 nitrogen and oxygen atoms in total. The molecule has 1 aliphatic heterocycles. The monoisotopic (exact) mass is 471 g/mol. The van der Waals surface area contributed by atoms with Gasteiger partial charge in [-0.1, -0.05) is 0 Å². The van der Waals surface area contributed by atoms with E-state index in [0.29, 0.717) is 11.0 Å². The summed E-state index contributed by atoms with van der Waals surface area (Å²) in [6, 6.07) is 5.95. The van der Waals surface area contributed by atoms with E-state index in [1.165, 1.54) is 33.7 Å². The molecule has 4 heterocycles. The van der Waals surface area contributed by atoms with Crippen LogP contribution in [0.4, 0.5) is 13.2 Å². The Balaban J connectivity index is 1.50. The zero-order valence-electron chi connectivity index (χ0n) is 15.8. The first-order valence-corrected chi connectivity index (χ1v) is 11.3. The van der Waals surface area contributed by atoms with Gasteiger partial charge in [-0.3, -0.25) is 4.79 Å². The van der Waals surface area contributed by atoms with E-state index in [9.17, 15) is 26.4 Å². The number of hydrogen-bond donors (Lipinski definition) is 1. The summed E-state index contributed by atoms with van der Waals surface area (Å²) < 4.78 is 65.7. The molecule has 164 valence electrons. The second-order valence-electron chi connectivity index (χ2n) is 6.65. The van der Waals surface area contributed by atoms with Crippen molar-refractivity contribution >= 4 is 38.7 Å². The summed E-state index contributed by atoms with van der Waals surface area (Å²) in [6.45, 7) is 0.124. The van der Waals surface area contributed by atoms with Crippen molar-refractivity contribution in [2.75, 3.05) is 26.2 Å². The minimum Gasteiger partial charge on any atom is -0.345 e. The van der Waals surface area contributed by atoms with Gasteiger partial charge < -0.3 is 9.88 Å². The number of aromatic amines is 1. The predicted octanol–water partition coefficient (Wildman–Crippen LogP) is 2.72. The first-order valence-electron chi connectivity index (χ1n) is 9.09. The minimum absolute atomic E-state index is 0.0169. The van der Waals surface area contributed by atoms with Crippen LogP contribution in [0.1, 0.15) is 10.4 Å². The van der Waals surface area contributed by atoms with Gasteiger partial charge in [0.1, 0.15) is 15.6 Å². The molecule has 0 bridgehead atoms. The molecule has 1 saturated heterocycles. The van der Waals surface area contributed by atoms with Crippen LogP contribution in [0, 0.1) is 0 Å². The van der Waals surface area contributed by atoms with Gasteiger partial charge in [-0.25, -0.2) is 18.4 Å². The average molecular weight is 471 g/mol. The SMILES string of the molecule is O=C(c1cccnc1SC(F)(F)F)N1CCN(S(=O)(=O)c2c[nH]c3ncccc23)CC1. The predicted molar refractivity (Wildman–Crippen MR) is 107 cm³/mol. The number of aromatic nitrogens is 3. The van der Waals surface area contributed by atoms with E-state index >= 15 is 0 Å². The van der Waals surface area contributed by atoms with Crippen LogP contribution in [0.3, 0.4) is 0 Å². The summed E-state index contributed by atoms with van der Waals surface area (Å²) >= 11 is -0.450. The third-order valence-electron chi connectivity index (χ3n) is 4.77. The lowest BCUT2D eigenvalue weighted by molar-refractivity contribution is -0.0329. The third kappa shape index (κ3) is 4.38. The summed E-state index contributed by atoms with van der Waals surface area (Å²) in [5.74, 6) is -0.617. The van der Waals surface area contributed by atoms with Crippen molar-refractivity contribution in [3.05, 3.63) is 48.4 Å². The van der Waals surface area contributed by atoms with Crippen LogP contribution in [-0.2, 0) is 10.0 Å². The summed E-state index contributed by atoms with van der Waals surface area (Å²) in [6.07, 6.45) is 4.11. The van der Waals surface area contributed by atoms with Crippen molar-refractivity contribution in [2.45, 2.75) is 15.4 Å². The number of carbonyl (C=O) groups excluding carboxylic acids is 1. The molecule has 1 fully saturated rings. The Kier molecular flexibility index (Phi) is 5.66. The molecule has 4 rings (SSSR count). The molecule has 0 aromatic carbocycles. The second-order valence-corrected chi connectivity index (χ2v) is 9.61. The summed E-state index contributed by atoms with van der Waals surface area (Å²) in [7, 11) is -3.83. The highest BCUT2D eigenvalue weighted by Crippen LogP contribution is 2.37. The molecule has 0 spiro atoms. The Morgan fingerprint density at radius 3 is 2.45 bits per heavy atom. The number of rotatable bonds is 4. The average Bonchev–Trinajstić information content (AvgIpc) is 3.18. The molecular formula is C18H16F3N5O3S2. The summed E-state index contributed by atoms with van der Waals surface area (Å²) in [5, 5.41) is 0.0338. The fourth-order valence-electron chi connectivity index (χ4n) is 3.33. The van der Waals surface area contributed by atoms with E-state index in [4.69, 9.17) is 0 Å². The highest BCUT2D eigenvalue weighted by atomic mass is 32.2. The van der Waals surface area contributed by atoms with Gasteiger partial charge in [0.15, 0.2) is 0 Å². The molecular weight excluding hydrogens is 455 g/mol. The Hall–Kier alpha value is -2.64. The number of alkyl halides is 3. The van der Waals surface area contributed by atoms with Crippen LogP contribution in [0.5, 0.6) is 0 Å². The van der Waals surface area contributed by atoms with Crippen LogP contribution in [0.25, 0.3) is 11.0 Å². The molecule has 1 N–H and O–H groups in total. The van der Waals surface area contributed by atoms with E-state index < -0.39 is 38.2 Å². The van der Waals surface area contributed by atoms with E-state index in [0.717, 1.165) is 0 Å². The number of piperazine rings is 1. The van der Waals surface area contributed by atoms with Crippen LogP contribution in [0.2, 0.25) is 0 Å². The number of sulfonamides is 1. The maximum Gasteiger partial charge on any atom is 0.447 e. The smallest absolute Gasteiger partial charge is 0.345 e. The molecule has 1 aliphatic rings. The molecule has 3 aromatic rings. The minimum atomic E-state index is -4.58. The molecule has 13 heteroatoms. The summed E-state index contributed by atoms with van der Waals surface area (Å²) in [5.41, 5.74) is -4.30. The van der Waals surface area contributed by atoms with Gasteiger partial charge in [0.05, 0.1) is 5.56 Å². The number of amides is 1. The van der Waals surface area contributed by atoms with Crippen molar-refractivity contribution < 1.29 is 26.4 Å². The van der Waals surface area contributed by atoms with E-state index in [1.807, 2.05) is 0 Å². The van der Waals surface area contributed by atoms with Crippen LogP contribution in [0.15, 0.2) is 52.8 Å². The number of nitrogens with zero attached hydrogens (tertiary/aromatic N) is 4. The van der Waals surface area contributed by atoms with Gasteiger partial charge >= 0.3 is 5.51 Å². The van der Waals surface area contributed by atoms with Crippen LogP contribution < -0.4 is 0 Å². The van der Waals surface area contributed by atoms with Crippen LogP contribution in [-0.4, -0.2) is 70.2 Å². The van der Waals surface area contributed by atoms with Crippen molar-refractivity contribution in [3.63, 3.8) is 0 Å². The van der Waals surface area contributed by atoms with Gasteiger partial charge in [0.25, 0.3) is 5.91 Å². The number of pyridine rings is 2. The highest BCUT2D eigenvalue weighted by molar-refractivity contribution is 8.00. The Bertz CT molecular complexity index is 1220. The number of hydrogen-bond acceptors (Lipinski definition) is 6. The molecule has 1 amide bonds. The number of thioether (sulfide) groups is 1. The molecule has 3 aromatic heterocycles. The van der Waals surface area contributed by atoms with E-state index in [-0.39, 0.29) is 36.6 Å². The van der Waals surface area contributed by atoms with Crippen LogP contribution >= 0.6 is 11.8 Å². The molecule has 0 saturated carbocycles. The second kappa shape index (κ2) is 8.13. The lowest BCUT2D eigenvalue weighted by atomic mass is 10.2. The number of carbonyl (C=O) groups is 1. The van der Waals surface area contributed by atoms with Gasteiger partial charge in [-0.2, -0.15) is 17.5 Å². The van der Waals surface area contributed by atoms with Gasteiger partial charge in [0, 0.05) is 61.9 Å². The first-order chi connectivity index (χ1) is 14.7. The number of halogens is 3. The Morgan fingerprint density at radius 2 is 1.74 bits per heavy atom. The van der Waals surface area contributed by atoms with Crippen molar-refractivity contribution in [2.24, 2.45) is 0 Å². The molecule has 0 aliphatic carbocycles. The summed E-state index contributed by atoms with van der Waals surface area (Å²) in [4.78, 5) is 24.8. The third-order valence-corrected chi connectivity index (χ3v) is 7.46. The maximum atomic E-state index is 13.1. The van der Waals surface area contributed by atoms with Gasteiger partial charge in [0.2, 0.25) is 10.0 Å². The zero-order valence-corrected chi connectivity index (χ0v) is 17.5. The van der Waals surface area contributed by atoms with Gasteiger partial charge in [-0.15, -0.1) is 0 Å². The Labute approximate surface area is 179 Å². The number of fused-ring (bicyclic) bond motifs is 1. The molecule has 31 heavy (non-hydrogen) atoms. The highest BCUT2D eigenvalue weighted by Gasteiger charge is 2.35. The molecule has 0 radical (unpaired) electrons. The lowest BCUT2D eigenvalue weighted by Gasteiger charge is -2.34. The van der Waals surface area contributed by atoms with E-state index in [1.54, 1.807) is 18.3 Å². The van der Waals surface area contributed by atoms with Gasteiger partial charge in [-0.05, 0) is 24.3 Å².